The first-order valence-electron chi connectivity index (χ1n) is 8.94. The zero-order chi connectivity index (χ0) is 19.7. The lowest BCUT2D eigenvalue weighted by atomic mass is 10.1. The van der Waals surface area contributed by atoms with Crippen molar-refractivity contribution in [3.05, 3.63) is 78.4 Å². The summed E-state index contributed by atoms with van der Waals surface area (Å²) in [6.07, 6.45) is 5.65. The van der Waals surface area contributed by atoms with Gasteiger partial charge in [0.05, 0.1) is 9.79 Å². The van der Waals surface area contributed by atoms with Crippen LogP contribution in [0.5, 0.6) is 0 Å². The molecule has 1 amide bonds. The van der Waals surface area contributed by atoms with Gasteiger partial charge in [0.1, 0.15) is 0 Å². The highest BCUT2D eigenvalue weighted by Crippen LogP contribution is 2.47. The number of nitrogens with one attached hydrogen (secondary N) is 1. The van der Waals surface area contributed by atoms with Crippen LogP contribution in [0.2, 0.25) is 0 Å². The molecule has 1 N–H and O–H groups in total. The van der Waals surface area contributed by atoms with Crippen molar-refractivity contribution >= 4 is 21.4 Å². The molecule has 3 aromatic rings. The van der Waals surface area contributed by atoms with Gasteiger partial charge < -0.3 is 5.32 Å². The molecule has 1 saturated carbocycles. The predicted molar refractivity (Wildman–Crippen MR) is 105 cm³/mol. The Kier molecular flexibility index (Phi) is 4.68. The van der Waals surface area contributed by atoms with Gasteiger partial charge in [0.25, 0.3) is 0 Å². The van der Waals surface area contributed by atoms with Crippen molar-refractivity contribution in [2.24, 2.45) is 5.92 Å². The second kappa shape index (κ2) is 7.16. The zero-order valence-corrected chi connectivity index (χ0v) is 16.1. The Morgan fingerprint density at radius 2 is 1.79 bits per heavy atom. The van der Waals surface area contributed by atoms with Crippen molar-refractivity contribution in [3.8, 4) is 0 Å². The number of carbonyl (C=O) groups is 1. The molecule has 0 spiro atoms. The minimum Gasteiger partial charge on any atom is -0.326 e. The number of benzene rings is 1. The van der Waals surface area contributed by atoms with Gasteiger partial charge in [-0.15, -0.1) is 0 Å². The highest BCUT2D eigenvalue weighted by molar-refractivity contribution is 7.91. The molecular formula is C21H19N3O3S. The number of rotatable bonds is 5. The standard InChI is InChI=1S/C21H19N3O3S/c1-14-4-7-18(13-23-14)28(26,27)17-8-5-16(6-9-17)24-21(25)20-11-19(20)15-3-2-10-22-12-15/h2-10,12-13,19-20H,11H2,1H3,(H,24,25)/t19-,20+/m0/s1. The molecule has 1 aliphatic rings. The quantitative estimate of drug-likeness (QED) is 0.718. The first-order chi connectivity index (χ1) is 13.4. The van der Waals surface area contributed by atoms with Gasteiger partial charge in [0.2, 0.25) is 15.7 Å². The summed E-state index contributed by atoms with van der Waals surface area (Å²) in [5.41, 5.74) is 2.39. The van der Waals surface area contributed by atoms with E-state index in [1.54, 1.807) is 43.6 Å². The molecule has 6 nitrogen and oxygen atoms in total. The van der Waals surface area contributed by atoms with Crippen molar-refractivity contribution in [2.75, 3.05) is 5.32 Å². The summed E-state index contributed by atoms with van der Waals surface area (Å²) in [6, 6.07) is 13.2. The van der Waals surface area contributed by atoms with Gasteiger partial charge in [0.15, 0.2) is 0 Å². The number of aromatic nitrogens is 2. The summed E-state index contributed by atoms with van der Waals surface area (Å²) >= 11 is 0. The zero-order valence-electron chi connectivity index (χ0n) is 15.2. The fraction of sp³-hybridized carbons (Fsp3) is 0.190. The number of pyridine rings is 2. The second-order valence-corrected chi connectivity index (χ2v) is 8.84. The van der Waals surface area contributed by atoms with E-state index in [9.17, 15) is 13.2 Å². The second-order valence-electron chi connectivity index (χ2n) is 6.89. The van der Waals surface area contributed by atoms with Gasteiger partial charge in [-0.3, -0.25) is 14.8 Å². The van der Waals surface area contributed by atoms with E-state index in [0.717, 1.165) is 17.7 Å². The minimum atomic E-state index is -3.63. The summed E-state index contributed by atoms with van der Waals surface area (Å²) in [5, 5.41) is 2.86. The van der Waals surface area contributed by atoms with Crippen molar-refractivity contribution in [3.63, 3.8) is 0 Å². The van der Waals surface area contributed by atoms with Gasteiger partial charge in [-0.2, -0.15) is 0 Å². The Balaban J connectivity index is 1.44. The van der Waals surface area contributed by atoms with E-state index in [2.05, 4.69) is 15.3 Å². The maximum Gasteiger partial charge on any atom is 0.228 e. The molecule has 28 heavy (non-hydrogen) atoms. The lowest BCUT2D eigenvalue weighted by molar-refractivity contribution is -0.117. The lowest BCUT2D eigenvalue weighted by Gasteiger charge is -2.08. The first kappa shape index (κ1) is 18.3. The number of nitrogens with zero attached hydrogens (tertiary/aromatic N) is 2. The van der Waals surface area contributed by atoms with Crippen molar-refractivity contribution in [1.29, 1.82) is 0 Å². The normalized spacial score (nSPS) is 18.5. The number of aryl methyl sites for hydroxylation is 1. The molecule has 0 aliphatic heterocycles. The highest BCUT2D eigenvalue weighted by atomic mass is 32.2. The minimum absolute atomic E-state index is 0.0628. The molecule has 2 aromatic heterocycles. The maximum atomic E-state index is 12.7. The smallest absolute Gasteiger partial charge is 0.228 e. The maximum absolute atomic E-state index is 12.7. The molecule has 1 fully saturated rings. The Labute approximate surface area is 163 Å². The summed E-state index contributed by atoms with van der Waals surface area (Å²) in [4.78, 5) is 20.9. The van der Waals surface area contributed by atoms with Crippen LogP contribution in [0.4, 0.5) is 5.69 Å². The van der Waals surface area contributed by atoms with Crippen LogP contribution in [-0.4, -0.2) is 24.3 Å². The average molecular weight is 393 g/mol. The van der Waals surface area contributed by atoms with Crippen LogP contribution in [0.3, 0.4) is 0 Å². The van der Waals surface area contributed by atoms with Crippen LogP contribution in [0.1, 0.15) is 23.6 Å². The molecule has 0 radical (unpaired) electrons. The van der Waals surface area contributed by atoms with Crippen LogP contribution in [0.25, 0.3) is 0 Å². The molecule has 0 bridgehead atoms. The molecule has 0 unspecified atom stereocenters. The fourth-order valence-corrected chi connectivity index (χ4v) is 4.36. The number of amides is 1. The molecule has 1 aliphatic carbocycles. The third-order valence-electron chi connectivity index (χ3n) is 4.87. The molecular weight excluding hydrogens is 374 g/mol. The van der Waals surface area contributed by atoms with Crippen molar-refractivity contribution in [2.45, 2.75) is 29.1 Å². The number of anilines is 1. The van der Waals surface area contributed by atoms with Gasteiger partial charge in [-0.25, -0.2) is 8.42 Å². The molecule has 7 heteroatoms. The fourth-order valence-electron chi connectivity index (χ4n) is 3.15. The third kappa shape index (κ3) is 3.66. The summed E-state index contributed by atoms with van der Waals surface area (Å²) in [5.74, 6) is 0.0563. The third-order valence-corrected chi connectivity index (χ3v) is 6.62. The number of hydrogen-bond acceptors (Lipinski definition) is 5. The summed E-state index contributed by atoms with van der Waals surface area (Å²) < 4.78 is 25.3. The Morgan fingerprint density at radius 3 is 2.43 bits per heavy atom. The Hall–Kier alpha value is -3.06. The monoisotopic (exact) mass is 393 g/mol. The van der Waals surface area contributed by atoms with Crippen LogP contribution in [0.15, 0.2) is 76.9 Å². The lowest BCUT2D eigenvalue weighted by Crippen LogP contribution is -2.14. The van der Waals surface area contributed by atoms with E-state index in [-0.39, 0.29) is 27.5 Å². The van der Waals surface area contributed by atoms with E-state index in [1.165, 1.54) is 18.3 Å². The van der Waals surface area contributed by atoms with Gasteiger partial charge in [-0.1, -0.05) is 6.07 Å². The van der Waals surface area contributed by atoms with Gasteiger partial charge in [-0.05, 0) is 67.3 Å². The number of sulfone groups is 1. The average Bonchev–Trinajstić information content (AvgIpc) is 3.51. The van der Waals surface area contributed by atoms with Crippen LogP contribution in [0, 0.1) is 12.8 Å². The molecule has 0 saturated heterocycles. The Bertz CT molecular complexity index is 1100. The first-order valence-corrected chi connectivity index (χ1v) is 10.4. The molecule has 2 heterocycles. The summed E-state index contributed by atoms with van der Waals surface area (Å²) in [6.45, 7) is 1.80. The molecule has 2 atom stereocenters. The Morgan fingerprint density at radius 1 is 1.04 bits per heavy atom. The largest absolute Gasteiger partial charge is 0.326 e. The molecule has 1 aromatic carbocycles. The van der Waals surface area contributed by atoms with Crippen molar-refractivity contribution < 1.29 is 13.2 Å². The van der Waals surface area contributed by atoms with E-state index in [1.807, 2.05) is 12.1 Å². The van der Waals surface area contributed by atoms with Gasteiger partial charge in [0, 0.05) is 35.9 Å². The predicted octanol–water partition coefficient (Wildman–Crippen LogP) is 3.36. The van der Waals surface area contributed by atoms with Crippen LogP contribution >= 0.6 is 0 Å². The molecule has 4 rings (SSSR count). The van der Waals surface area contributed by atoms with Gasteiger partial charge >= 0.3 is 0 Å². The number of hydrogen-bond donors (Lipinski definition) is 1. The van der Waals surface area contributed by atoms with E-state index < -0.39 is 9.84 Å². The molecule has 142 valence electrons. The van der Waals surface area contributed by atoms with Crippen molar-refractivity contribution in [1.82, 2.24) is 9.97 Å². The number of carbonyl (C=O) groups excluding carboxylic acids is 1. The van der Waals surface area contributed by atoms with Crippen LogP contribution in [-0.2, 0) is 14.6 Å². The highest BCUT2D eigenvalue weighted by Gasteiger charge is 2.44. The van der Waals surface area contributed by atoms with E-state index in [0.29, 0.717) is 5.69 Å². The van der Waals surface area contributed by atoms with Crippen LogP contribution < -0.4 is 5.32 Å². The summed E-state index contributed by atoms with van der Waals surface area (Å²) in [7, 11) is -3.63. The SMILES string of the molecule is Cc1ccc(S(=O)(=O)c2ccc(NC(=O)[C@@H]3C[C@H]3c3cccnc3)cc2)cn1. The van der Waals surface area contributed by atoms with E-state index in [4.69, 9.17) is 0 Å². The van der Waals surface area contributed by atoms with E-state index >= 15 is 0 Å². The topological polar surface area (TPSA) is 89.0 Å².